The first kappa shape index (κ1) is 16.6. The maximum atomic E-state index is 13.5. The van der Waals surface area contributed by atoms with Crippen LogP contribution in [0, 0.1) is 5.82 Å². The Morgan fingerprint density at radius 1 is 1.33 bits per heavy atom. The van der Waals surface area contributed by atoms with E-state index in [1.54, 1.807) is 21.7 Å². The maximum Gasteiger partial charge on any atom is 0.293 e. The predicted octanol–water partition coefficient (Wildman–Crippen LogP) is 2.09. The number of aromatic nitrogens is 3. The molecular weight excluding hydrogens is 309 g/mol. The third kappa shape index (κ3) is 3.31. The molecule has 0 saturated carbocycles. The van der Waals surface area contributed by atoms with Crippen LogP contribution >= 0.6 is 0 Å². The van der Waals surface area contributed by atoms with E-state index in [2.05, 4.69) is 10.1 Å². The zero-order valence-electron chi connectivity index (χ0n) is 13.9. The summed E-state index contributed by atoms with van der Waals surface area (Å²) in [5.74, 6) is 0.294. The van der Waals surface area contributed by atoms with Crippen LogP contribution in [-0.4, -0.2) is 44.7 Å². The van der Waals surface area contributed by atoms with Crippen molar-refractivity contribution in [2.24, 2.45) is 5.73 Å². The minimum atomic E-state index is -0.351. The van der Waals surface area contributed by atoms with E-state index in [0.717, 1.165) is 12.8 Å². The van der Waals surface area contributed by atoms with Crippen LogP contribution in [0.2, 0.25) is 0 Å². The second-order valence-electron chi connectivity index (χ2n) is 6.47. The monoisotopic (exact) mass is 331 g/mol. The smallest absolute Gasteiger partial charge is 0.293 e. The van der Waals surface area contributed by atoms with Gasteiger partial charge in [0, 0.05) is 25.0 Å². The Bertz CT molecular complexity index is 734. The van der Waals surface area contributed by atoms with Crippen LogP contribution in [0.1, 0.15) is 49.1 Å². The van der Waals surface area contributed by atoms with Gasteiger partial charge in [-0.25, -0.2) is 14.1 Å². The number of carbonyl (C=O) groups excluding carboxylic acids is 1. The number of carbonyl (C=O) groups is 1. The highest BCUT2D eigenvalue weighted by Crippen LogP contribution is 2.19. The van der Waals surface area contributed by atoms with Crippen LogP contribution < -0.4 is 5.73 Å². The molecule has 7 heteroatoms. The third-order valence-corrected chi connectivity index (χ3v) is 4.22. The zero-order chi connectivity index (χ0) is 17.3. The van der Waals surface area contributed by atoms with E-state index in [9.17, 15) is 9.18 Å². The fourth-order valence-electron chi connectivity index (χ4n) is 2.83. The molecule has 0 atom stereocenters. The molecule has 2 aromatic rings. The van der Waals surface area contributed by atoms with Gasteiger partial charge < -0.3 is 10.6 Å². The molecule has 1 fully saturated rings. The molecule has 0 spiro atoms. The summed E-state index contributed by atoms with van der Waals surface area (Å²) in [6.07, 6.45) is 1.57. The Kier molecular flexibility index (Phi) is 4.62. The number of hydrogen-bond acceptors (Lipinski definition) is 4. The van der Waals surface area contributed by atoms with E-state index in [1.165, 1.54) is 12.1 Å². The fraction of sp³-hybridized carbons (Fsp3) is 0.471. The van der Waals surface area contributed by atoms with E-state index in [-0.39, 0.29) is 29.5 Å². The summed E-state index contributed by atoms with van der Waals surface area (Å²) in [6, 6.07) is 6.27. The third-order valence-electron chi connectivity index (χ3n) is 4.22. The number of nitrogens with zero attached hydrogens (tertiary/aromatic N) is 4. The lowest BCUT2D eigenvalue weighted by Crippen LogP contribution is -2.43. The number of hydrogen-bond donors (Lipinski definition) is 1. The van der Waals surface area contributed by atoms with Crippen molar-refractivity contribution in [2.45, 2.75) is 38.6 Å². The first-order valence-corrected chi connectivity index (χ1v) is 8.23. The Morgan fingerprint density at radius 3 is 2.67 bits per heavy atom. The van der Waals surface area contributed by atoms with Crippen molar-refractivity contribution in [2.75, 3.05) is 13.1 Å². The highest BCUT2D eigenvalue weighted by atomic mass is 19.1. The molecule has 3 rings (SSSR count). The topological polar surface area (TPSA) is 77.0 Å². The predicted molar refractivity (Wildman–Crippen MR) is 88.5 cm³/mol. The lowest BCUT2D eigenvalue weighted by Gasteiger charge is -2.29. The molecule has 1 aliphatic heterocycles. The molecule has 2 N–H and O–H groups in total. The largest absolute Gasteiger partial charge is 0.336 e. The molecule has 24 heavy (non-hydrogen) atoms. The molecule has 0 aliphatic carbocycles. The minimum Gasteiger partial charge on any atom is -0.336 e. The van der Waals surface area contributed by atoms with Crippen LogP contribution in [-0.2, 0) is 0 Å². The van der Waals surface area contributed by atoms with Gasteiger partial charge in [-0.1, -0.05) is 19.9 Å². The summed E-state index contributed by atoms with van der Waals surface area (Å²) < 4.78 is 15.1. The highest BCUT2D eigenvalue weighted by Gasteiger charge is 2.26. The van der Waals surface area contributed by atoms with Crippen molar-refractivity contribution in [3.8, 4) is 5.69 Å². The molecule has 128 valence electrons. The molecule has 1 aliphatic rings. The lowest BCUT2D eigenvalue weighted by atomic mass is 10.1. The number of amides is 1. The van der Waals surface area contributed by atoms with Gasteiger partial charge in [-0.05, 0) is 31.0 Å². The molecule has 1 aromatic carbocycles. The highest BCUT2D eigenvalue weighted by molar-refractivity contribution is 5.90. The van der Waals surface area contributed by atoms with Gasteiger partial charge >= 0.3 is 0 Å². The lowest BCUT2D eigenvalue weighted by molar-refractivity contribution is 0.0702. The van der Waals surface area contributed by atoms with E-state index in [1.807, 2.05) is 13.8 Å². The number of halogens is 1. The van der Waals surface area contributed by atoms with Crippen LogP contribution in [0.3, 0.4) is 0 Å². The van der Waals surface area contributed by atoms with Gasteiger partial charge in [0.1, 0.15) is 11.6 Å². The number of likely N-dealkylation sites (tertiary alicyclic amines) is 1. The van der Waals surface area contributed by atoms with Gasteiger partial charge in [-0.2, -0.15) is 0 Å². The summed E-state index contributed by atoms with van der Waals surface area (Å²) in [5, 5.41) is 4.35. The van der Waals surface area contributed by atoms with Gasteiger partial charge in [0.25, 0.3) is 5.91 Å². The summed E-state index contributed by atoms with van der Waals surface area (Å²) in [4.78, 5) is 18.8. The Hall–Kier alpha value is -2.28. The summed E-state index contributed by atoms with van der Waals surface area (Å²) in [7, 11) is 0. The van der Waals surface area contributed by atoms with Gasteiger partial charge in [-0.3, -0.25) is 4.79 Å². The molecular formula is C17H22FN5O. The van der Waals surface area contributed by atoms with Gasteiger partial charge in [0.05, 0.1) is 5.69 Å². The van der Waals surface area contributed by atoms with Crippen LogP contribution in [0.25, 0.3) is 5.69 Å². The zero-order valence-corrected chi connectivity index (χ0v) is 13.9. The molecule has 1 aromatic heterocycles. The average molecular weight is 331 g/mol. The standard InChI is InChI=1S/C17H22FN5O/c1-11(2)16-20-15(17(24)22-8-6-13(19)7-9-22)21-23(16)14-5-3-4-12(18)10-14/h3-5,10-11,13H,6-9,19H2,1-2H3. The first-order chi connectivity index (χ1) is 11.5. The normalized spacial score (nSPS) is 16.0. The maximum absolute atomic E-state index is 13.5. The number of benzene rings is 1. The second kappa shape index (κ2) is 6.68. The van der Waals surface area contributed by atoms with Gasteiger partial charge in [-0.15, -0.1) is 5.10 Å². The molecule has 0 bridgehead atoms. The van der Waals surface area contributed by atoms with Gasteiger partial charge in [0.15, 0.2) is 0 Å². The molecule has 1 saturated heterocycles. The number of nitrogens with two attached hydrogens (primary N) is 1. The van der Waals surface area contributed by atoms with Crippen molar-refractivity contribution in [1.82, 2.24) is 19.7 Å². The van der Waals surface area contributed by atoms with E-state index >= 15 is 0 Å². The van der Waals surface area contributed by atoms with Crippen molar-refractivity contribution in [3.05, 3.63) is 41.7 Å². The molecule has 6 nitrogen and oxygen atoms in total. The fourth-order valence-corrected chi connectivity index (χ4v) is 2.83. The quantitative estimate of drug-likeness (QED) is 0.934. The Morgan fingerprint density at radius 2 is 2.04 bits per heavy atom. The summed E-state index contributed by atoms with van der Waals surface area (Å²) in [5.41, 5.74) is 6.45. The number of piperidine rings is 1. The Labute approximate surface area is 140 Å². The minimum absolute atomic E-state index is 0.0529. The van der Waals surface area contributed by atoms with Crippen molar-refractivity contribution in [3.63, 3.8) is 0 Å². The van der Waals surface area contributed by atoms with Gasteiger partial charge in [0.2, 0.25) is 5.82 Å². The molecule has 2 heterocycles. The van der Waals surface area contributed by atoms with Crippen LogP contribution in [0.4, 0.5) is 4.39 Å². The van der Waals surface area contributed by atoms with E-state index < -0.39 is 0 Å². The number of rotatable bonds is 3. The van der Waals surface area contributed by atoms with Crippen molar-refractivity contribution < 1.29 is 9.18 Å². The summed E-state index contributed by atoms with van der Waals surface area (Å²) >= 11 is 0. The molecule has 0 radical (unpaired) electrons. The van der Waals surface area contributed by atoms with E-state index in [0.29, 0.717) is 24.6 Å². The van der Waals surface area contributed by atoms with Crippen molar-refractivity contribution in [1.29, 1.82) is 0 Å². The Balaban J connectivity index is 1.93. The SMILES string of the molecule is CC(C)c1nc(C(=O)N2CCC(N)CC2)nn1-c1cccc(F)c1. The van der Waals surface area contributed by atoms with Crippen molar-refractivity contribution >= 4 is 5.91 Å². The van der Waals surface area contributed by atoms with E-state index in [4.69, 9.17) is 5.73 Å². The average Bonchev–Trinajstić information content (AvgIpc) is 3.00. The van der Waals surface area contributed by atoms with Crippen LogP contribution in [0.5, 0.6) is 0 Å². The first-order valence-electron chi connectivity index (χ1n) is 8.23. The molecule has 1 amide bonds. The van der Waals surface area contributed by atoms with Crippen LogP contribution in [0.15, 0.2) is 24.3 Å². The molecule has 0 unspecified atom stereocenters. The summed E-state index contributed by atoms with van der Waals surface area (Å²) in [6.45, 7) is 5.17. The second-order valence-corrected chi connectivity index (χ2v) is 6.47.